The highest BCUT2D eigenvalue weighted by Crippen LogP contribution is 2.42. The zero-order valence-electron chi connectivity index (χ0n) is 35.1. The Morgan fingerprint density at radius 2 is 1.02 bits per heavy atom. The van der Waals surface area contributed by atoms with Crippen LogP contribution in [0.3, 0.4) is 0 Å². The molecule has 3 N–H and O–H groups in total. The number of rotatable bonds is 7. The van der Waals surface area contributed by atoms with E-state index in [9.17, 15) is 0 Å². The summed E-state index contributed by atoms with van der Waals surface area (Å²) < 4.78 is 16.9. The van der Waals surface area contributed by atoms with Crippen molar-refractivity contribution in [1.29, 1.82) is 0 Å². The van der Waals surface area contributed by atoms with Gasteiger partial charge in [0.1, 0.15) is 23.2 Å². The van der Waals surface area contributed by atoms with Crippen LogP contribution in [0, 0.1) is 0 Å². The Kier molecular flexibility index (Phi) is 8.70. The number of fused-ring (bicyclic) bond motifs is 12. The second kappa shape index (κ2) is 15.1. The van der Waals surface area contributed by atoms with Crippen molar-refractivity contribution in [2.45, 2.75) is 6.17 Å². The van der Waals surface area contributed by atoms with Gasteiger partial charge in [0, 0.05) is 58.4 Å². The molecule has 7 heteroatoms. The van der Waals surface area contributed by atoms with Crippen LogP contribution in [-0.2, 0) is 0 Å². The largest absolute Gasteiger partial charge is 0.456 e. The molecule has 0 amide bonds. The molecule has 0 spiro atoms. The Morgan fingerprint density at radius 1 is 0.462 bits per heavy atom. The van der Waals surface area contributed by atoms with E-state index in [2.05, 4.69) is 227 Å². The lowest BCUT2D eigenvalue weighted by atomic mass is 10.0. The number of amidine groups is 1. The van der Waals surface area contributed by atoms with Crippen LogP contribution in [0.1, 0.15) is 17.3 Å². The van der Waals surface area contributed by atoms with Gasteiger partial charge in [-0.1, -0.05) is 146 Å². The van der Waals surface area contributed by atoms with E-state index >= 15 is 0 Å². The zero-order valence-corrected chi connectivity index (χ0v) is 36.1. The molecule has 2 unspecified atom stereocenters. The summed E-state index contributed by atoms with van der Waals surface area (Å²) in [4.78, 5) is 0. The number of hydrogen-bond acceptors (Lipinski definition) is 3. The molecule has 13 aromatic rings. The monoisotopic (exact) mass is 853 g/mol. The van der Waals surface area contributed by atoms with Crippen molar-refractivity contribution in [3.8, 4) is 11.4 Å². The van der Waals surface area contributed by atoms with Crippen molar-refractivity contribution >= 4 is 107 Å². The molecule has 10 aromatic carbocycles. The van der Waals surface area contributed by atoms with E-state index in [4.69, 9.17) is 14.9 Å². The van der Waals surface area contributed by atoms with Crippen LogP contribution >= 0.6 is 8.73 Å². The van der Waals surface area contributed by atoms with Crippen LogP contribution < -0.4 is 16.4 Å². The van der Waals surface area contributed by atoms with Crippen LogP contribution in [0.15, 0.2) is 222 Å². The number of nitrogens with one attached hydrogen (secondary N) is 1. The Morgan fingerprint density at radius 3 is 1.72 bits per heavy atom. The van der Waals surface area contributed by atoms with Crippen LogP contribution in [0.4, 0.5) is 0 Å². The fourth-order valence-electron chi connectivity index (χ4n) is 9.86. The standard InChI is InChI=1S/C58H40N5OP/c59-57(40-23-22-36-12-4-6-14-38(36)32-40)60-58(61-65-44-27-24-37-13-5-7-15-39(37)33-44)41-25-28-47-48-29-26-43(35-54(48)64-53(47)34-41)63-52-21-11-9-19-46(52)50-31-30-49-45-18-8-10-20-51(45)62(55(49)56(50)63)42-16-2-1-3-17-42/h1-35,57,65H,59H2,(H,60,61). The second-order valence-corrected chi connectivity index (χ2v) is 17.8. The first-order chi connectivity index (χ1) is 32.1. The van der Waals surface area contributed by atoms with Crippen LogP contribution in [-0.4, -0.2) is 15.0 Å². The predicted octanol–water partition coefficient (Wildman–Crippen LogP) is 14.0. The van der Waals surface area contributed by atoms with Gasteiger partial charge < -0.3 is 24.6 Å². The molecule has 0 aliphatic carbocycles. The fourth-order valence-corrected chi connectivity index (χ4v) is 10.7. The number of furan rings is 1. The van der Waals surface area contributed by atoms with Crippen molar-refractivity contribution in [2.75, 3.05) is 0 Å². The van der Waals surface area contributed by atoms with E-state index in [1.807, 2.05) is 0 Å². The highest BCUT2D eigenvalue weighted by Gasteiger charge is 2.22. The lowest BCUT2D eigenvalue weighted by molar-refractivity contribution is 0.667. The lowest BCUT2D eigenvalue weighted by Gasteiger charge is -2.18. The van der Waals surface area contributed by atoms with Crippen molar-refractivity contribution in [1.82, 2.24) is 14.5 Å². The van der Waals surface area contributed by atoms with Crippen molar-refractivity contribution in [3.05, 3.63) is 223 Å². The number of benzene rings is 10. The first-order valence-electron chi connectivity index (χ1n) is 21.9. The highest BCUT2D eigenvalue weighted by atomic mass is 31.1. The number of para-hydroxylation sites is 3. The summed E-state index contributed by atoms with van der Waals surface area (Å²) in [5.41, 5.74) is 17.2. The summed E-state index contributed by atoms with van der Waals surface area (Å²) in [6.07, 6.45) is -0.494. The molecular formula is C58H40N5OP. The summed E-state index contributed by atoms with van der Waals surface area (Å²) in [5, 5.41) is 16.4. The molecule has 0 aliphatic heterocycles. The summed E-state index contributed by atoms with van der Waals surface area (Å²) in [6, 6.07) is 75.4. The van der Waals surface area contributed by atoms with Gasteiger partial charge in [0.25, 0.3) is 0 Å². The number of aromatic nitrogens is 2. The minimum Gasteiger partial charge on any atom is -0.456 e. The Hall–Kier alpha value is -8.02. The maximum atomic E-state index is 6.97. The Labute approximate surface area is 375 Å². The predicted molar refractivity (Wildman–Crippen MR) is 275 cm³/mol. The van der Waals surface area contributed by atoms with E-state index in [0.29, 0.717) is 5.84 Å². The highest BCUT2D eigenvalue weighted by molar-refractivity contribution is 7.46. The van der Waals surface area contributed by atoms with Gasteiger partial charge in [-0.05, 0) is 93.1 Å². The van der Waals surface area contributed by atoms with Gasteiger partial charge in [-0.15, -0.1) is 0 Å². The van der Waals surface area contributed by atoms with Crippen molar-refractivity contribution in [2.24, 2.45) is 10.5 Å². The fraction of sp³-hybridized carbons (Fsp3) is 0.0172. The third kappa shape index (κ3) is 6.22. The molecular weight excluding hydrogens is 814 g/mol. The number of nitrogens with zero attached hydrogens (tertiary/aromatic N) is 3. The normalized spacial score (nSPS) is 13.0. The molecule has 6 nitrogen and oxygen atoms in total. The second-order valence-electron chi connectivity index (χ2n) is 16.8. The first kappa shape index (κ1) is 37.5. The molecule has 0 aliphatic rings. The summed E-state index contributed by atoms with van der Waals surface area (Å²) in [5.74, 6) is 0.711. The van der Waals surface area contributed by atoms with Gasteiger partial charge in [0.05, 0.1) is 27.8 Å². The molecule has 3 aromatic heterocycles. The maximum Gasteiger partial charge on any atom is 0.137 e. The van der Waals surface area contributed by atoms with Gasteiger partial charge in [0.2, 0.25) is 0 Å². The molecule has 3 heterocycles. The molecule has 65 heavy (non-hydrogen) atoms. The third-order valence-electron chi connectivity index (χ3n) is 12.9. The summed E-state index contributed by atoms with van der Waals surface area (Å²) in [6.45, 7) is 0. The quantitative estimate of drug-likeness (QED) is 0.0726. The molecule has 2 atom stereocenters. The van der Waals surface area contributed by atoms with Gasteiger partial charge in [-0.25, -0.2) is 4.76 Å². The number of hydrogen-bond donors (Lipinski definition) is 2. The average molecular weight is 854 g/mol. The molecule has 13 rings (SSSR count). The van der Waals surface area contributed by atoms with Crippen molar-refractivity contribution < 1.29 is 4.42 Å². The van der Waals surface area contributed by atoms with Gasteiger partial charge in [-0.3, -0.25) is 0 Å². The number of nitrogens with two attached hydrogens (primary N) is 1. The van der Waals surface area contributed by atoms with Gasteiger partial charge in [-0.2, -0.15) is 0 Å². The summed E-state index contributed by atoms with van der Waals surface area (Å²) in [7, 11) is 0.165. The Bertz CT molecular complexity index is 4050. The lowest BCUT2D eigenvalue weighted by Crippen LogP contribution is -2.34. The maximum absolute atomic E-state index is 6.97. The van der Waals surface area contributed by atoms with Gasteiger partial charge >= 0.3 is 0 Å². The molecule has 0 bridgehead atoms. The van der Waals surface area contributed by atoms with E-state index in [1.54, 1.807) is 0 Å². The van der Waals surface area contributed by atoms with Crippen LogP contribution in [0.2, 0.25) is 0 Å². The third-order valence-corrected chi connectivity index (χ3v) is 13.8. The van der Waals surface area contributed by atoms with E-state index in [-0.39, 0.29) is 8.73 Å². The Balaban J connectivity index is 0.951. The van der Waals surface area contributed by atoms with Crippen molar-refractivity contribution in [3.63, 3.8) is 0 Å². The zero-order chi connectivity index (χ0) is 43.0. The first-order valence-corrected chi connectivity index (χ1v) is 22.9. The molecule has 0 saturated heterocycles. The molecule has 308 valence electrons. The molecule has 0 radical (unpaired) electrons. The minimum absolute atomic E-state index is 0.165. The van der Waals surface area contributed by atoms with Crippen LogP contribution in [0.5, 0.6) is 0 Å². The molecule has 0 saturated carbocycles. The van der Waals surface area contributed by atoms with Gasteiger partial charge in [0.15, 0.2) is 0 Å². The van der Waals surface area contributed by atoms with Crippen LogP contribution in [0.25, 0.3) is 98.5 Å². The molecule has 0 fully saturated rings. The smallest absolute Gasteiger partial charge is 0.137 e. The van der Waals surface area contributed by atoms with E-state index < -0.39 is 6.17 Å². The summed E-state index contributed by atoms with van der Waals surface area (Å²) >= 11 is 0. The average Bonchev–Trinajstić information content (AvgIpc) is 4.02. The minimum atomic E-state index is -0.494. The topological polar surface area (TPSA) is 73.4 Å². The SMILES string of the molecule is NC(NC(=NPc1ccc2ccccc2c1)c1ccc2c(c1)oc1cc(-n3c4ccccc4c4ccc5c6ccccc6n(-c6ccccc6)c5c43)ccc12)c1ccc2ccccc2c1. The van der Waals surface area contributed by atoms with E-state index in [1.165, 1.54) is 48.7 Å². The van der Waals surface area contributed by atoms with E-state index in [0.717, 1.165) is 66.2 Å².